The zero-order valence-corrected chi connectivity index (χ0v) is 11.1. The molecule has 0 spiro atoms. The van der Waals surface area contributed by atoms with E-state index in [1.807, 2.05) is 6.07 Å². The Morgan fingerprint density at radius 2 is 1.89 bits per heavy atom. The summed E-state index contributed by atoms with van der Waals surface area (Å²) in [4.78, 5) is 11.8. The average molecular weight is 320 g/mol. The number of nitriles is 1. The second-order valence-corrected chi connectivity index (χ2v) is 4.57. The van der Waals surface area contributed by atoms with E-state index in [1.54, 1.807) is 6.07 Å². The van der Waals surface area contributed by atoms with Crippen LogP contribution >= 0.6 is 15.9 Å². The molecular formula is C14H7BrFNO2. The summed E-state index contributed by atoms with van der Waals surface area (Å²) in [5.41, 5.74) is 0.688. The first-order chi connectivity index (χ1) is 9.10. The number of carbonyl (C=O) groups excluding carboxylic acids is 1. The number of benzene rings is 2. The highest BCUT2D eigenvalue weighted by Crippen LogP contribution is 2.22. The van der Waals surface area contributed by atoms with E-state index >= 15 is 0 Å². The van der Waals surface area contributed by atoms with Crippen LogP contribution in [0.4, 0.5) is 4.39 Å². The molecule has 2 aromatic carbocycles. The maximum absolute atomic E-state index is 13.5. The molecule has 0 amide bonds. The molecule has 2 rings (SSSR count). The summed E-state index contributed by atoms with van der Waals surface area (Å²) in [7, 11) is 0. The SMILES string of the molecule is N#Cc1ccc(C(=O)Oc2ccc(Br)cc2F)cc1. The van der Waals surface area contributed by atoms with Crippen LogP contribution in [0.2, 0.25) is 0 Å². The summed E-state index contributed by atoms with van der Waals surface area (Å²) in [5.74, 6) is -1.44. The fourth-order valence-electron chi connectivity index (χ4n) is 1.40. The van der Waals surface area contributed by atoms with Gasteiger partial charge >= 0.3 is 5.97 Å². The van der Waals surface area contributed by atoms with Gasteiger partial charge in [-0.15, -0.1) is 0 Å². The highest BCUT2D eigenvalue weighted by atomic mass is 79.9. The van der Waals surface area contributed by atoms with Crippen LogP contribution in [0.25, 0.3) is 0 Å². The maximum Gasteiger partial charge on any atom is 0.343 e. The van der Waals surface area contributed by atoms with Crippen LogP contribution in [0.1, 0.15) is 15.9 Å². The monoisotopic (exact) mass is 319 g/mol. The molecule has 0 aliphatic rings. The Morgan fingerprint density at radius 1 is 1.21 bits per heavy atom. The summed E-state index contributed by atoms with van der Waals surface area (Å²) in [5, 5.41) is 8.64. The number of hydrogen-bond donors (Lipinski definition) is 0. The van der Waals surface area contributed by atoms with Crippen LogP contribution in [0, 0.1) is 17.1 Å². The lowest BCUT2D eigenvalue weighted by Crippen LogP contribution is -2.09. The van der Waals surface area contributed by atoms with Gasteiger partial charge in [0, 0.05) is 4.47 Å². The zero-order chi connectivity index (χ0) is 13.8. The van der Waals surface area contributed by atoms with Gasteiger partial charge in [-0.3, -0.25) is 0 Å². The Balaban J connectivity index is 2.18. The van der Waals surface area contributed by atoms with E-state index in [-0.39, 0.29) is 11.3 Å². The minimum atomic E-state index is -0.675. The zero-order valence-electron chi connectivity index (χ0n) is 9.56. The predicted molar refractivity (Wildman–Crippen MR) is 70.2 cm³/mol. The third-order valence-corrected chi connectivity index (χ3v) is 2.84. The van der Waals surface area contributed by atoms with Gasteiger partial charge in [-0.05, 0) is 42.5 Å². The number of rotatable bonds is 2. The summed E-state index contributed by atoms with van der Waals surface area (Å²) in [6.45, 7) is 0. The van der Waals surface area contributed by atoms with Gasteiger partial charge in [0.1, 0.15) is 0 Å². The first-order valence-corrected chi connectivity index (χ1v) is 6.07. The third kappa shape index (κ3) is 3.18. The first-order valence-electron chi connectivity index (χ1n) is 5.27. The molecule has 5 heteroatoms. The number of nitrogens with zero attached hydrogens (tertiary/aromatic N) is 1. The molecule has 0 N–H and O–H groups in total. The van der Waals surface area contributed by atoms with E-state index in [9.17, 15) is 9.18 Å². The molecule has 0 bridgehead atoms. The Bertz CT molecular complexity index is 662. The van der Waals surface area contributed by atoms with Gasteiger partial charge in [-0.2, -0.15) is 5.26 Å². The molecule has 19 heavy (non-hydrogen) atoms. The summed E-state index contributed by atoms with van der Waals surface area (Å²) in [6, 6.07) is 12.0. The molecule has 0 aromatic heterocycles. The molecular weight excluding hydrogens is 313 g/mol. The van der Waals surface area contributed by atoms with Crippen LogP contribution < -0.4 is 4.74 Å². The molecule has 0 atom stereocenters. The number of esters is 1. The van der Waals surface area contributed by atoms with Gasteiger partial charge in [-0.25, -0.2) is 9.18 Å². The van der Waals surface area contributed by atoms with Crippen molar-refractivity contribution >= 4 is 21.9 Å². The van der Waals surface area contributed by atoms with E-state index in [0.29, 0.717) is 10.0 Å². The van der Waals surface area contributed by atoms with Gasteiger partial charge in [0.25, 0.3) is 0 Å². The molecule has 0 unspecified atom stereocenters. The first kappa shape index (κ1) is 13.2. The second-order valence-electron chi connectivity index (χ2n) is 3.65. The molecule has 0 radical (unpaired) electrons. The lowest BCUT2D eigenvalue weighted by Gasteiger charge is -2.05. The lowest BCUT2D eigenvalue weighted by atomic mass is 10.1. The fraction of sp³-hybridized carbons (Fsp3) is 0. The van der Waals surface area contributed by atoms with Crippen molar-refractivity contribution in [3.05, 3.63) is 63.9 Å². The standard InChI is InChI=1S/C14H7BrFNO2/c15-11-5-6-13(12(16)7-11)19-14(18)10-3-1-9(8-17)2-4-10/h1-7H. The molecule has 0 aliphatic carbocycles. The maximum atomic E-state index is 13.5. The number of halogens is 2. The Kier molecular flexibility index (Phi) is 3.93. The fourth-order valence-corrected chi connectivity index (χ4v) is 1.73. The Morgan fingerprint density at radius 3 is 2.47 bits per heavy atom. The van der Waals surface area contributed by atoms with Crippen molar-refractivity contribution in [1.29, 1.82) is 5.26 Å². The number of hydrogen-bond acceptors (Lipinski definition) is 3. The van der Waals surface area contributed by atoms with Crippen molar-refractivity contribution in [2.75, 3.05) is 0 Å². The van der Waals surface area contributed by atoms with Crippen molar-refractivity contribution < 1.29 is 13.9 Å². The summed E-state index contributed by atoms with van der Waals surface area (Å²) in [6.07, 6.45) is 0. The highest BCUT2D eigenvalue weighted by Gasteiger charge is 2.12. The van der Waals surface area contributed by atoms with E-state index in [1.165, 1.54) is 36.4 Å². The number of ether oxygens (including phenoxy) is 1. The van der Waals surface area contributed by atoms with E-state index < -0.39 is 11.8 Å². The van der Waals surface area contributed by atoms with Crippen LogP contribution in [0.15, 0.2) is 46.9 Å². The van der Waals surface area contributed by atoms with Gasteiger partial charge < -0.3 is 4.74 Å². The average Bonchev–Trinajstić information content (AvgIpc) is 2.42. The highest BCUT2D eigenvalue weighted by molar-refractivity contribution is 9.10. The molecule has 0 saturated heterocycles. The van der Waals surface area contributed by atoms with Crippen LogP contribution in [-0.4, -0.2) is 5.97 Å². The minimum absolute atomic E-state index is 0.141. The molecule has 0 saturated carbocycles. The van der Waals surface area contributed by atoms with Gasteiger partial charge in [-0.1, -0.05) is 15.9 Å². The van der Waals surface area contributed by atoms with Crippen LogP contribution in [-0.2, 0) is 0 Å². The number of carbonyl (C=O) groups is 1. The van der Waals surface area contributed by atoms with Gasteiger partial charge in [0.2, 0.25) is 0 Å². The quantitative estimate of drug-likeness (QED) is 0.626. The molecule has 0 fully saturated rings. The van der Waals surface area contributed by atoms with Crippen LogP contribution in [0.5, 0.6) is 5.75 Å². The molecule has 3 nitrogen and oxygen atoms in total. The summed E-state index contributed by atoms with van der Waals surface area (Å²) < 4.78 is 19.0. The lowest BCUT2D eigenvalue weighted by molar-refractivity contribution is 0.0728. The smallest absolute Gasteiger partial charge is 0.343 e. The minimum Gasteiger partial charge on any atom is -0.420 e. The molecule has 0 heterocycles. The molecule has 0 aliphatic heterocycles. The largest absolute Gasteiger partial charge is 0.420 e. The van der Waals surface area contributed by atoms with Crippen molar-refractivity contribution in [3.63, 3.8) is 0 Å². The van der Waals surface area contributed by atoms with Crippen molar-refractivity contribution in [2.45, 2.75) is 0 Å². The second kappa shape index (κ2) is 5.63. The molecule has 2 aromatic rings. The van der Waals surface area contributed by atoms with Crippen molar-refractivity contribution in [2.24, 2.45) is 0 Å². The van der Waals surface area contributed by atoms with Crippen LogP contribution in [0.3, 0.4) is 0 Å². The Labute approximate surface area is 117 Å². The summed E-state index contributed by atoms with van der Waals surface area (Å²) >= 11 is 3.11. The molecule has 94 valence electrons. The predicted octanol–water partition coefficient (Wildman–Crippen LogP) is 3.68. The van der Waals surface area contributed by atoms with Crippen molar-refractivity contribution in [1.82, 2.24) is 0 Å². The van der Waals surface area contributed by atoms with Gasteiger partial charge in [0.05, 0.1) is 17.2 Å². The van der Waals surface area contributed by atoms with E-state index in [0.717, 1.165) is 0 Å². The third-order valence-electron chi connectivity index (χ3n) is 2.35. The van der Waals surface area contributed by atoms with E-state index in [2.05, 4.69) is 15.9 Å². The Hall–Kier alpha value is -2.19. The van der Waals surface area contributed by atoms with Crippen molar-refractivity contribution in [3.8, 4) is 11.8 Å². The normalized spacial score (nSPS) is 9.74. The van der Waals surface area contributed by atoms with Gasteiger partial charge in [0.15, 0.2) is 11.6 Å². The topological polar surface area (TPSA) is 50.1 Å². The van der Waals surface area contributed by atoms with E-state index in [4.69, 9.17) is 10.00 Å².